The van der Waals surface area contributed by atoms with Gasteiger partial charge in [-0.05, 0) is 86.9 Å². The predicted molar refractivity (Wildman–Crippen MR) is 139 cm³/mol. The molecule has 7 nitrogen and oxygen atoms in total. The lowest BCUT2D eigenvalue weighted by atomic mass is 9.96. The molecule has 8 heteroatoms. The number of urea groups is 1. The molecule has 36 heavy (non-hydrogen) atoms. The second-order valence-electron chi connectivity index (χ2n) is 9.14. The Morgan fingerprint density at radius 3 is 2.53 bits per heavy atom. The Morgan fingerprint density at radius 1 is 1.11 bits per heavy atom. The summed E-state index contributed by atoms with van der Waals surface area (Å²) in [4.78, 5) is 40.9. The molecule has 1 N–H and O–H groups in total. The number of nitrogens with one attached hydrogen (secondary N) is 1. The van der Waals surface area contributed by atoms with Crippen LogP contribution in [0.3, 0.4) is 0 Å². The summed E-state index contributed by atoms with van der Waals surface area (Å²) < 4.78 is 2.03. The first-order chi connectivity index (χ1) is 17.3. The molecule has 0 bridgehead atoms. The summed E-state index contributed by atoms with van der Waals surface area (Å²) in [6.07, 6.45) is 6.50. The Morgan fingerprint density at radius 2 is 1.83 bits per heavy atom. The van der Waals surface area contributed by atoms with Gasteiger partial charge in [-0.1, -0.05) is 19.1 Å². The molecule has 2 aromatic heterocycles. The third-order valence-electron chi connectivity index (χ3n) is 6.94. The number of rotatable bonds is 4. The number of aryl methyl sites for hydroxylation is 3. The molecule has 0 radical (unpaired) electrons. The van der Waals surface area contributed by atoms with Gasteiger partial charge in [0.1, 0.15) is 16.6 Å². The number of nitrogens with zero attached hydrogens (tertiary/aromatic N) is 3. The number of anilines is 1. The van der Waals surface area contributed by atoms with Crippen molar-refractivity contribution in [2.45, 2.75) is 52.9 Å². The molecule has 3 aromatic rings. The molecule has 1 saturated heterocycles. The maximum atomic E-state index is 13.3. The minimum absolute atomic E-state index is 0.111. The largest absolute Gasteiger partial charge is 0.335 e. The molecular formula is C28H26N4O3S. The van der Waals surface area contributed by atoms with Gasteiger partial charge < -0.3 is 4.57 Å². The van der Waals surface area contributed by atoms with Crippen LogP contribution >= 0.6 is 11.3 Å². The zero-order valence-electron chi connectivity index (χ0n) is 20.5. The Labute approximate surface area is 213 Å². The van der Waals surface area contributed by atoms with Crippen molar-refractivity contribution in [3.8, 4) is 11.1 Å². The highest BCUT2D eigenvalue weighted by atomic mass is 32.1. The summed E-state index contributed by atoms with van der Waals surface area (Å²) in [5.41, 5.74) is 5.66. The summed E-state index contributed by atoms with van der Waals surface area (Å²) in [5, 5.41) is 13.1. The average molecular weight is 499 g/mol. The zero-order chi connectivity index (χ0) is 25.6. The van der Waals surface area contributed by atoms with Crippen molar-refractivity contribution in [1.82, 2.24) is 9.88 Å². The van der Waals surface area contributed by atoms with Gasteiger partial charge >= 0.3 is 6.03 Å². The van der Waals surface area contributed by atoms with E-state index in [4.69, 9.17) is 0 Å². The summed E-state index contributed by atoms with van der Waals surface area (Å²) in [6, 6.07) is 10.7. The van der Waals surface area contributed by atoms with E-state index < -0.39 is 17.8 Å². The molecule has 182 valence electrons. The number of thiophene rings is 1. The highest BCUT2D eigenvalue weighted by Gasteiger charge is 2.37. The zero-order valence-corrected chi connectivity index (χ0v) is 21.3. The normalized spacial score (nSPS) is 16.8. The first-order valence-corrected chi connectivity index (χ1v) is 12.9. The van der Waals surface area contributed by atoms with Gasteiger partial charge in [0, 0.05) is 16.3 Å². The maximum Gasteiger partial charge on any atom is 0.335 e. The van der Waals surface area contributed by atoms with Gasteiger partial charge in [-0.3, -0.25) is 14.9 Å². The highest BCUT2D eigenvalue weighted by Crippen LogP contribution is 2.38. The van der Waals surface area contributed by atoms with Crippen molar-refractivity contribution < 1.29 is 14.4 Å². The Bertz CT molecular complexity index is 1480. The van der Waals surface area contributed by atoms with Crippen LogP contribution in [0.2, 0.25) is 0 Å². The van der Waals surface area contributed by atoms with Crippen LogP contribution in [0.4, 0.5) is 10.5 Å². The summed E-state index contributed by atoms with van der Waals surface area (Å²) in [5.74, 6) is -1.39. The molecule has 1 fully saturated rings. The fourth-order valence-corrected chi connectivity index (χ4v) is 6.45. The van der Waals surface area contributed by atoms with Crippen LogP contribution in [-0.2, 0) is 28.9 Å². The van der Waals surface area contributed by atoms with E-state index in [0.717, 1.165) is 70.1 Å². The predicted octanol–water partition coefficient (Wildman–Crippen LogP) is 5.13. The van der Waals surface area contributed by atoms with Gasteiger partial charge in [-0.25, -0.2) is 9.69 Å². The van der Waals surface area contributed by atoms with Crippen LogP contribution in [-0.4, -0.2) is 22.4 Å². The lowest BCUT2D eigenvalue weighted by Gasteiger charge is -2.26. The smallest absolute Gasteiger partial charge is 0.308 e. The molecule has 1 aliphatic carbocycles. The number of hydrogen-bond donors (Lipinski definition) is 1. The van der Waals surface area contributed by atoms with Gasteiger partial charge in [-0.15, -0.1) is 11.3 Å². The Balaban J connectivity index is 1.55. The summed E-state index contributed by atoms with van der Waals surface area (Å²) in [6.45, 7) is 5.88. The van der Waals surface area contributed by atoms with Crippen molar-refractivity contribution >= 4 is 40.9 Å². The lowest BCUT2D eigenvalue weighted by Crippen LogP contribution is -2.54. The summed E-state index contributed by atoms with van der Waals surface area (Å²) in [7, 11) is 0. The van der Waals surface area contributed by atoms with Crippen LogP contribution in [0.15, 0.2) is 35.9 Å². The van der Waals surface area contributed by atoms with Crippen LogP contribution in [0.1, 0.15) is 58.3 Å². The van der Waals surface area contributed by atoms with Gasteiger partial charge in [0.25, 0.3) is 11.8 Å². The van der Waals surface area contributed by atoms with E-state index in [0.29, 0.717) is 11.3 Å². The minimum atomic E-state index is -0.764. The van der Waals surface area contributed by atoms with Crippen LogP contribution < -0.4 is 10.2 Å². The third kappa shape index (κ3) is 3.86. The van der Waals surface area contributed by atoms with Crippen LogP contribution in [0.25, 0.3) is 11.1 Å². The SMILES string of the molecule is CCc1ccc(N2C(=O)NC(=O)/C(=C/c3cc(C)n(-c4sc5c(c4C#N)CCCC5)c3C)C2=O)cc1. The fourth-order valence-electron chi connectivity index (χ4n) is 5.00. The number of carbonyl (C=O) groups excluding carboxylic acids is 3. The number of benzene rings is 1. The summed E-state index contributed by atoms with van der Waals surface area (Å²) >= 11 is 1.65. The number of aromatic nitrogens is 1. The first-order valence-electron chi connectivity index (χ1n) is 12.1. The molecule has 4 amide bonds. The second kappa shape index (κ2) is 9.25. The van der Waals surface area contributed by atoms with Gasteiger partial charge in [0.2, 0.25) is 0 Å². The number of nitriles is 1. The number of carbonyl (C=O) groups is 3. The second-order valence-corrected chi connectivity index (χ2v) is 10.2. The Hall–Kier alpha value is -3.96. The quantitative estimate of drug-likeness (QED) is 0.398. The molecular weight excluding hydrogens is 472 g/mol. The fraction of sp³-hybridized carbons (Fsp3) is 0.286. The van der Waals surface area contributed by atoms with Crippen LogP contribution in [0.5, 0.6) is 0 Å². The van der Waals surface area contributed by atoms with Crippen molar-refractivity contribution in [2.75, 3.05) is 4.90 Å². The van der Waals surface area contributed by atoms with Crippen molar-refractivity contribution in [3.63, 3.8) is 0 Å². The van der Waals surface area contributed by atoms with Crippen molar-refractivity contribution in [1.29, 1.82) is 5.26 Å². The molecule has 0 saturated carbocycles. The van der Waals surface area contributed by atoms with E-state index in [1.165, 1.54) is 11.0 Å². The topological polar surface area (TPSA) is 95.2 Å². The van der Waals surface area contributed by atoms with Gasteiger partial charge in [0.15, 0.2) is 0 Å². The van der Waals surface area contributed by atoms with Crippen LogP contribution in [0, 0.1) is 25.2 Å². The standard InChI is InChI=1S/C28H26N4O3S/c1-4-18-9-11-20(12-10-18)32-26(34)22(25(33)30-28(32)35)14-19-13-16(2)31(17(19)3)27-23(15-29)21-7-5-6-8-24(21)36-27/h9-14H,4-8H2,1-3H3,(H,30,33,35)/b22-14-. The maximum absolute atomic E-state index is 13.3. The van der Waals surface area contributed by atoms with E-state index >= 15 is 0 Å². The average Bonchev–Trinajstić information content (AvgIpc) is 3.37. The number of imide groups is 2. The number of hydrogen-bond acceptors (Lipinski definition) is 5. The highest BCUT2D eigenvalue weighted by molar-refractivity contribution is 7.15. The number of amides is 4. The van der Waals surface area contributed by atoms with E-state index in [1.54, 1.807) is 23.5 Å². The van der Waals surface area contributed by atoms with Crippen molar-refractivity contribution in [2.24, 2.45) is 0 Å². The number of barbiturate groups is 1. The third-order valence-corrected chi connectivity index (χ3v) is 8.22. The molecule has 5 rings (SSSR count). The molecule has 0 spiro atoms. The Kier molecular flexibility index (Phi) is 6.10. The monoisotopic (exact) mass is 498 g/mol. The molecule has 1 aromatic carbocycles. The number of fused-ring (bicyclic) bond motifs is 1. The van der Waals surface area contributed by atoms with Crippen molar-refractivity contribution in [3.05, 3.63) is 74.4 Å². The van der Waals surface area contributed by atoms with E-state index in [-0.39, 0.29) is 5.57 Å². The molecule has 1 aliphatic heterocycles. The van der Waals surface area contributed by atoms with E-state index in [1.807, 2.05) is 43.5 Å². The van der Waals surface area contributed by atoms with E-state index in [9.17, 15) is 19.6 Å². The van der Waals surface area contributed by atoms with Gasteiger partial charge in [-0.2, -0.15) is 5.26 Å². The minimum Gasteiger partial charge on any atom is -0.308 e. The van der Waals surface area contributed by atoms with E-state index in [2.05, 4.69) is 11.4 Å². The lowest BCUT2D eigenvalue weighted by molar-refractivity contribution is -0.122. The molecule has 0 unspecified atom stereocenters. The molecule has 3 heterocycles. The first kappa shape index (κ1) is 23.8. The van der Waals surface area contributed by atoms with Gasteiger partial charge in [0.05, 0.1) is 11.3 Å². The molecule has 0 atom stereocenters. The molecule has 2 aliphatic rings.